The van der Waals surface area contributed by atoms with Crippen LogP contribution in [0, 0.1) is 0 Å². The fourth-order valence-corrected chi connectivity index (χ4v) is 3.93. The third-order valence-corrected chi connectivity index (χ3v) is 5.58. The lowest BCUT2D eigenvalue weighted by Crippen LogP contribution is -2.37. The van der Waals surface area contributed by atoms with Crippen LogP contribution < -0.4 is 9.47 Å². The smallest absolute Gasteiger partial charge is 0.233 e. The van der Waals surface area contributed by atoms with Crippen molar-refractivity contribution in [1.82, 2.24) is 15.1 Å². The summed E-state index contributed by atoms with van der Waals surface area (Å²) in [6, 6.07) is 3.97. The summed E-state index contributed by atoms with van der Waals surface area (Å²) in [5.74, 6) is 1.94. The number of thioether (sulfide) groups is 1. The normalized spacial score (nSPS) is 13.6. The molecule has 0 saturated heterocycles. The number of benzene rings is 1. The molecule has 0 unspecified atom stereocenters. The number of fused-ring (bicyclic) bond motifs is 1. The summed E-state index contributed by atoms with van der Waals surface area (Å²) in [6.07, 6.45) is 0.824. The zero-order valence-electron chi connectivity index (χ0n) is 12.9. The average molecular weight is 351 g/mol. The van der Waals surface area contributed by atoms with E-state index >= 15 is 0 Å². The van der Waals surface area contributed by atoms with Crippen molar-refractivity contribution >= 4 is 29.0 Å². The molecule has 1 aliphatic rings. The van der Waals surface area contributed by atoms with Gasteiger partial charge in [-0.2, -0.15) is 0 Å². The minimum Gasteiger partial charge on any atom is -0.493 e. The molecule has 0 atom stereocenters. The van der Waals surface area contributed by atoms with Gasteiger partial charge in [-0.15, -0.1) is 10.2 Å². The van der Waals surface area contributed by atoms with Crippen LogP contribution in [0.1, 0.15) is 11.1 Å². The Morgan fingerprint density at radius 1 is 1.30 bits per heavy atom. The first-order valence-electron chi connectivity index (χ1n) is 7.11. The van der Waals surface area contributed by atoms with Crippen LogP contribution in [0.2, 0.25) is 0 Å². The van der Waals surface area contributed by atoms with E-state index in [2.05, 4.69) is 10.2 Å². The maximum Gasteiger partial charge on any atom is 0.233 e. The van der Waals surface area contributed by atoms with Crippen LogP contribution in [0.3, 0.4) is 0 Å². The number of carbonyl (C=O) groups excluding carboxylic acids is 1. The zero-order chi connectivity index (χ0) is 16.2. The number of ether oxygens (including phenoxy) is 2. The van der Waals surface area contributed by atoms with Crippen molar-refractivity contribution < 1.29 is 14.3 Å². The Labute approximate surface area is 142 Å². The summed E-state index contributed by atoms with van der Waals surface area (Å²) < 4.78 is 11.5. The number of hydrogen-bond acceptors (Lipinski definition) is 7. The van der Waals surface area contributed by atoms with Gasteiger partial charge in [-0.05, 0) is 29.7 Å². The van der Waals surface area contributed by atoms with Gasteiger partial charge in [0.1, 0.15) is 5.51 Å². The van der Waals surface area contributed by atoms with Crippen LogP contribution in [0.4, 0.5) is 0 Å². The number of amides is 1. The second kappa shape index (κ2) is 7.18. The maximum atomic E-state index is 12.4. The summed E-state index contributed by atoms with van der Waals surface area (Å²) in [7, 11) is 3.25. The molecule has 0 fully saturated rings. The van der Waals surface area contributed by atoms with E-state index < -0.39 is 0 Å². The lowest BCUT2D eigenvalue weighted by Gasteiger charge is -2.29. The van der Waals surface area contributed by atoms with Crippen molar-refractivity contribution in [3.05, 3.63) is 28.8 Å². The first-order valence-corrected chi connectivity index (χ1v) is 8.98. The number of nitrogens with zero attached hydrogens (tertiary/aromatic N) is 3. The molecule has 1 aromatic heterocycles. The van der Waals surface area contributed by atoms with E-state index in [1.165, 1.54) is 28.7 Å². The second-order valence-corrected chi connectivity index (χ2v) is 7.09. The first-order chi connectivity index (χ1) is 11.2. The van der Waals surface area contributed by atoms with Gasteiger partial charge in [0.05, 0.1) is 20.0 Å². The van der Waals surface area contributed by atoms with Crippen LogP contribution in [0.15, 0.2) is 22.0 Å². The minimum atomic E-state index is 0.116. The van der Waals surface area contributed by atoms with Crippen LogP contribution >= 0.6 is 23.1 Å². The lowest BCUT2D eigenvalue weighted by molar-refractivity contribution is -0.129. The molecule has 23 heavy (non-hydrogen) atoms. The molecule has 0 bridgehead atoms. The van der Waals surface area contributed by atoms with E-state index in [0.717, 1.165) is 28.6 Å². The minimum absolute atomic E-state index is 0.116. The quantitative estimate of drug-likeness (QED) is 0.770. The molecule has 0 saturated carbocycles. The molecule has 1 aromatic carbocycles. The van der Waals surface area contributed by atoms with Crippen molar-refractivity contribution in [2.24, 2.45) is 0 Å². The van der Waals surface area contributed by atoms with E-state index in [4.69, 9.17) is 9.47 Å². The monoisotopic (exact) mass is 351 g/mol. The molecule has 0 spiro atoms. The Balaban J connectivity index is 1.68. The van der Waals surface area contributed by atoms with Gasteiger partial charge in [-0.3, -0.25) is 4.79 Å². The van der Waals surface area contributed by atoms with Gasteiger partial charge in [-0.25, -0.2) is 0 Å². The predicted octanol–water partition coefficient (Wildman–Crippen LogP) is 2.23. The number of aromatic nitrogens is 2. The van der Waals surface area contributed by atoms with Crippen molar-refractivity contribution in [2.45, 2.75) is 17.3 Å². The zero-order valence-corrected chi connectivity index (χ0v) is 14.6. The molecule has 0 radical (unpaired) electrons. The molecule has 2 aromatic rings. The Kier molecular flexibility index (Phi) is 5.02. The first kappa shape index (κ1) is 16.1. The van der Waals surface area contributed by atoms with Crippen molar-refractivity contribution in [3.8, 4) is 11.5 Å². The van der Waals surface area contributed by atoms with Gasteiger partial charge in [0.25, 0.3) is 0 Å². The predicted molar refractivity (Wildman–Crippen MR) is 89.3 cm³/mol. The highest BCUT2D eigenvalue weighted by molar-refractivity contribution is 8.01. The van der Waals surface area contributed by atoms with Gasteiger partial charge in [0, 0.05) is 13.1 Å². The molecule has 0 aliphatic carbocycles. The summed E-state index contributed by atoms with van der Waals surface area (Å²) >= 11 is 2.88. The highest BCUT2D eigenvalue weighted by atomic mass is 32.2. The van der Waals surface area contributed by atoms with Crippen molar-refractivity contribution in [2.75, 3.05) is 26.5 Å². The topological polar surface area (TPSA) is 64.6 Å². The Hall–Kier alpha value is -1.80. The third-order valence-electron chi connectivity index (χ3n) is 3.73. The summed E-state index contributed by atoms with van der Waals surface area (Å²) in [4.78, 5) is 14.3. The van der Waals surface area contributed by atoms with Gasteiger partial charge < -0.3 is 14.4 Å². The molecule has 8 heteroatoms. The standard InChI is InChI=1S/C15H17N3O3S2/c1-20-12-5-10-3-4-18(7-11(10)6-13(12)21-2)14(19)8-22-15-17-16-9-23-15/h5-6,9H,3-4,7-8H2,1-2H3. The third kappa shape index (κ3) is 3.59. The Morgan fingerprint density at radius 2 is 2.04 bits per heavy atom. The molecule has 1 aliphatic heterocycles. The fourth-order valence-electron chi connectivity index (χ4n) is 2.54. The molecule has 1 amide bonds. The van der Waals surface area contributed by atoms with Crippen LogP contribution in [-0.4, -0.2) is 47.5 Å². The van der Waals surface area contributed by atoms with Crippen molar-refractivity contribution in [1.29, 1.82) is 0 Å². The van der Waals surface area contributed by atoms with Gasteiger partial charge in [0.2, 0.25) is 5.91 Å². The molecule has 2 heterocycles. The SMILES string of the molecule is COc1cc2c(cc1OC)CN(C(=O)CSc1nncs1)CC2. The Morgan fingerprint density at radius 3 is 2.70 bits per heavy atom. The van der Waals surface area contributed by atoms with Crippen LogP contribution in [-0.2, 0) is 17.8 Å². The summed E-state index contributed by atoms with van der Waals surface area (Å²) in [6.45, 7) is 1.32. The highest BCUT2D eigenvalue weighted by Gasteiger charge is 2.23. The highest BCUT2D eigenvalue weighted by Crippen LogP contribution is 2.33. The number of carbonyl (C=O) groups is 1. The van der Waals surface area contributed by atoms with E-state index in [9.17, 15) is 4.79 Å². The van der Waals surface area contributed by atoms with E-state index in [1.807, 2.05) is 17.0 Å². The molecule has 3 rings (SSSR count). The summed E-state index contributed by atoms with van der Waals surface area (Å²) in [5.41, 5.74) is 4.00. The Bertz CT molecular complexity index is 692. The second-order valence-electron chi connectivity index (χ2n) is 5.03. The largest absolute Gasteiger partial charge is 0.493 e. The van der Waals surface area contributed by atoms with Crippen molar-refractivity contribution in [3.63, 3.8) is 0 Å². The molecular formula is C15H17N3O3S2. The van der Waals surface area contributed by atoms with Gasteiger partial charge >= 0.3 is 0 Å². The van der Waals surface area contributed by atoms with Gasteiger partial charge in [-0.1, -0.05) is 23.1 Å². The number of hydrogen-bond donors (Lipinski definition) is 0. The molecule has 6 nitrogen and oxygen atoms in total. The number of methoxy groups -OCH3 is 2. The van der Waals surface area contributed by atoms with Crippen LogP contribution in [0.25, 0.3) is 0 Å². The van der Waals surface area contributed by atoms with Crippen LogP contribution in [0.5, 0.6) is 11.5 Å². The van der Waals surface area contributed by atoms with E-state index in [-0.39, 0.29) is 5.91 Å². The van der Waals surface area contributed by atoms with E-state index in [0.29, 0.717) is 18.0 Å². The number of rotatable bonds is 5. The fraction of sp³-hybridized carbons (Fsp3) is 0.400. The molecular weight excluding hydrogens is 334 g/mol. The van der Waals surface area contributed by atoms with E-state index in [1.54, 1.807) is 19.7 Å². The lowest BCUT2D eigenvalue weighted by atomic mass is 9.99. The molecule has 0 N–H and O–H groups in total. The summed E-state index contributed by atoms with van der Waals surface area (Å²) in [5, 5.41) is 7.72. The molecule has 122 valence electrons. The maximum absolute atomic E-state index is 12.4. The average Bonchev–Trinajstić information content (AvgIpc) is 3.11. The van der Waals surface area contributed by atoms with Gasteiger partial charge in [0.15, 0.2) is 15.8 Å².